The van der Waals surface area contributed by atoms with Gasteiger partial charge in [0.2, 0.25) is 5.91 Å². The van der Waals surface area contributed by atoms with Gasteiger partial charge in [0.25, 0.3) is 0 Å². The summed E-state index contributed by atoms with van der Waals surface area (Å²) in [4.78, 5) is 32.8. The van der Waals surface area contributed by atoms with Crippen molar-refractivity contribution in [2.24, 2.45) is 0 Å². The van der Waals surface area contributed by atoms with E-state index < -0.39 is 0 Å². The summed E-state index contributed by atoms with van der Waals surface area (Å²) in [6.45, 7) is 15.4. The zero-order valence-electron chi connectivity index (χ0n) is 26.8. The van der Waals surface area contributed by atoms with E-state index in [1.54, 1.807) is 11.8 Å². The second-order valence-electron chi connectivity index (χ2n) is 11.6. The van der Waals surface area contributed by atoms with Crippen LogP contribution in [0.15, 0.2) is 59.7 Å². The van der Waals surface area contributed by atoms with E-state index in [4.69, 9.17) is 0 Å². The Morgan fingerprint density at radius 1 is 0.643 bits per heavy atom. The Balaban J connectivity index is 1.82. The second-order valence-corrected chi connectivity index (χ2v) is 11.6. The van der Waals surface area contributed by atoms with Crippen LogP contribution >= 0.6 is 0 Å². The first-order chi connectivity index (χ1) is 20.4. The SMILES string of the molecule is CCCCN(CCCC)c1ccc(C=C2CN(C(C)=O)CC(=Cc3ccc(N(CCCC)CCCC)cc3)C2=O)cc1. The van der Waals surface area contributed by atoms with Crippen molar-refractivity contribution in [1.29, 1.82) is 0 Å². The van der Waals surface area contributed by atoms with Gasteiger partial charge in [0.15, 0.2) is 5.78 Å². The van der Waals surface area contributed by atoms with Crippen LogP contribution in [0, 0.1) is 0 Å². The Kier molecular flexibility index (Phi) is 13.9. The van der Waals surface area contributed by atoms with Gasteiger partial charge in [-0.15, -0.1) is 0 Å². The number of amides is 1. The highest BCUT2D eigenvalue weighted by molar-refractivity contribution is 6.15. The average molecular weight is 572 g/mol. The number of rotatable bonds is 16. The van der Waals surface area contributed by atoms with E-state index in [9.17, 15) is 9.59 Å². The summed E-state index contributed by atoms with van der Waals surface area (Å²) in [6, 6.07) is 17.0. The van der Waals surface area contributed by atoms with Crippen LogP contribution < -0.4 is 9.80 Å². The predicted molar refractivity (Wildman–Crippen MR) is 180 cm³/mol. The lowest BCUT2D eigenvalue weighted by Crippen LogP contribution is -2.40. The van der Waals surface area contributed by atoms with E-state index in [2.05, 4.69) is 86.0 Å². The number of hydrogen-bond acceptors (Lipinski definition) is 4. The molecule has 5 nitrogen and oxygen atoms in total. The monoisotopic (exact) mass is 571 g/mol. The standard InChI is InChI=1S/C37H53N3O2/c1-6-10-22-38(23-11-7-2)35-18-14-31(15-19-35)26-33-28-40(30(5)41)29-34(37(33)42)27-32-16-20-36(21-17-32)39(24-12-8-3)25-13-9-4/h14-21,26-27H,6-13,22-25,28-29H2,1-5H3. The molecular weight excluding hydrogens is 518 g/mol. The largest absolute Gasteiger partial charge is 0.372 e. The fourth-order valence-electron chi connectivity index (χ4n) is 5.36. The summed E-state index contributed by atoms with van der Waals surface area (Å²) < 4.78 is 0. The van der Waals surface area contributed by atoms with Crippen molar-refractivity contribution in [3.63, 3.8) is 0 Å². The van der Waals surface area contributed by atoms with Crippen LogP contribution in [0.25, 0.3) is 12.2 Å². The van der Waals surface area contributed by atoms with Crippen LogP contribution in [0.4, 0.5) is 11.4 Å². The maximum Gasteiger partial charge on any atom is 0.220 e. The van der Waals surface area contributed by atoms with Gasteiger partial charge in [-0.2, -0.15) is 0 Å². The molecule has 5 heteroatoms. The second kappa shape index (κ2) is 17.6. The molecule has 1 heterocycles. The van der Waals surface area contributed by atoms with Crippen LogP contribution in [-0.2, 0) is 9.59 Å². The van der Waals surface area contributed by atoms with Crippen molar-refractivity contribution in [2.75, 3.05) is 49.1 Å². The van der Waals surface area contributed by atoms with Gasteiger partial charge < -0.3 is 14.7 Å². The molecule has 3 rings (SSSR count). The number of Topliss-reactive ketones (excluding diaryl/α,β-unsaturated/α-hetero) is 1. The molecule has 2 aromatic carbocycles. The Bertz CT molecular complexity index is 1080. The summed E-state index contributed by atoms with van der Waals surface area (Å²) in [7, 11) is 0. The van der Waals surface area contributed by atoms with Crippen LogP contribution in [0.5, 0.6) is 0 Å². The highest BCUT2D eigenvalue weighted by atomic mass is 16.2. The van der Waals surface area contributed by atoms with Crippen LogP contribution in [0.2, 0.25) is 0 Å². The first-order valence-electron chi connectivity index (χ1n) is 16.3. The molecule has 42 heavy (non-hydrogen) atoms. The number of piperidine rings is 1. The number of hydrogen-bond donors (Lipinski definition) is 0. The fraction of sp³-hybridized carbons (Fsp3) is 0.514. The molecule has 0 atom stereocenters. The molecule has 1 aliphatic rings. The van der Waals surface area contributed by atoms with Crippen molar-refractivity contribution >= 4 is 35.2 Å². The fourth-order valence-corrected chi connectivity index (χ4v) is 5.36. The van der Waals surface area contributed by atoms with E-state index in [1.807, 2.05) is 12.2 Å². The molecular formula is C37H53N3O2. The molecule has 2 aromatic rings. The van der Waals surface area contributed by atoms with E-state index in [-0.39, 0.29) is 11.7 Å². The Hall–Kier alpha value is -3.34. The minimum Gasteiger partial charge on any atom is -0.372 e. The van der Waals surface area contributed by atoms with Gasteiger partial charge in [-0.05, 0) is 73.2 Å². The van der Waals surface area contributed by atoms with Gasteiger partial charge in [0, 0.05) is 68.7 Å². The molecule has 0 bridgehead atoms. The number of ketones is 1. The third-order valence-corrected chi connectivity index (χ3v) is 8.08. The molecule has 0 aromatic heterocycles. The lowest BCUT2D eigenvalue weighted by Gasteiger charge is -2.29. The lowest BCUT2D eigenvalue weighted by molar-refractivity contribution is -0.129. The number of anilines is 2. The molecule has 1 fully saturated rings. The topological polar surface area (TPSA) is 43.9 Å². The minimum absolute atomic E-state index is 0.0185. The number of unbranched alkanes of at least 4 members (excludes halogenated alkanes) is 4. The molecule has 228 valence electrons. The summed E-state index contributed by atoms with van der Waals surface area (Å²) in [5, 5.41) is 0. The maximum atomic E-state index is 13.6. The van der Waals surface area contributed by atoms with Crippen molar-refractivity contribution in [3.8, 4) is 0 Å². The normalized spacial score (nSPS) is 15.5. The van der Waals surface area contributed by atoms with E-state index in [1.165, 1.54) is 62.7 Å². The zero-order chi connectivity index (χ0) is 30.3. The third kappa shape index (κ3) is 9.89. The van der Waals surface area contributed by atoms with Gasteiger partial charge in [-0.3, -0.25) is 9.59 Å². The van der Waals surface area contributed by atoms with E-state index in [0.717, 1.165) is 37.3 Å². The molecule has 1 aliphatic heterocycles. The van der Waals surface area contributed by atoms with Crippen molar-refractivity contribution in [1.82, 2.24) is 4.90 Å². The van der Waals surface area contributed by atoms with Gasteiger partial charge >= 0.3 is 0 Å². The summed E-state index contributed by atoms with van der Waals surface area (Å²) in [5.74, 6) is 0.00988. The van der Waals surface area contributed by atoms with Crippen LogP contribution in [0.1, 0.15) is 97.1 Å². The molecule has 1 amide bonds. The van der Waals surface area contributed by atoms with Crippen LogP contribution in [-0.4, -0.2) is 55.9 Å². The van der Waals surface area contributed by atoms with Gasteiger partial charge in [-0.1, -0.05) is 77.6 Å². The van der Waals surface area contributed by atoms with Gasteiger partial charge in [-0.25, -0.2) is 0 Å². The first kappa shape index (κ1) is 33.2. The highest BCUT2D eigenvalue weighted by Gasteiger charge is 2.27. The third-order valence-electron chi connectivity index (χ3n) is 8.08. The number of nitrogens with zero attached hydrogens (tertiary/aromatic N) is 3. The van der Waals surface area contributed by atoms with Gasteiger partial charge in [0.1, 0.15) is 0 Å². The number of carbonyl (C=O) groups is 2. The van der Waals surface area contributed by atoms with E-state index in [0.29, 0.717) is 24.2 Å². The molecule has 0 radical (unpaired) electrons. The van der Waals surface area contributed by atoms with E-state index >= 15 is 0 Å². The summed E-state index contributed by atoms with van der Waals surface area (Å²) in [5.41, 5.74) is 5.75. The maximum absolute atomic E-state index is 13.6. The minimum atomic E-state index is -0.0185. The Labute approximate surface area is 255 Å². The smallest absolute Gasteiger partial charge is 0.220 e. The lowest BCUT2D eigenvalue weighted by atomic mass is 9.94. The first-order valence-corrected chi connectivity index (χ1v) is 16.3. The molecule has 0 spiro atoms. The van der Waals surface area contributed by atoms with Crippen molar-refractivity contribution in [2.45, 2.75) is 86.0 Å². The molecule has 0 unspecified atom stereocenters. The van der Waals surface area contributed by atoms with Crippen molar-refractivity contribution < 1.29 is 9.59 Å². The average Bonchev–Trinajstić information content (AvgIpc) is 3.00. The quantitative estimate of drug-likeness (QED) is 0.190. The zero-order valence-corrected chi connectivity index (χ0v) is 26.8. The van der Waals surface area contributed by atoms with Crippen molar-refractivity contribution in [3.05, 3.63) is 70.8 Å². The highest BCUT2D eigenvalue weighted by Crippen LogP contribution is 2.25. The number of likely N-dealkylation sites (tertiary alicyclic amines) is 1. The van der Waals surface area contributed by atoms with Crippen LogP contribution in [0.3, 0.4) is 0 Å². The predicted octanol–water partition coefficient (Wildman–Crippen LogP) is 8.40. The summed E-state index contributed by atoms with van der Waals surface area (Å²) in [6.07, 6.45) is 13.3. The Morgan fingerprint density at radius 2 is 0.976 bits per heavy atom. The van der Waals surface area contributed by atoms with Gasteiger partial charge in [0.05, 0.1) is 0 Å². The Morgan fingerprint density at radius 3 is 1.26 bits per heavy atom. The number of carbonyl (C=O) groups excluding carboxylic acids is 2. The summed E-state index contributed by atoms with van der Waals surface area (Å²) >= 11 is 0. The number of benzene rings is 2. The molecule has 0 N–H and O–H groups in total. The molecule has 0 aliphatic carbocycles. The molecule has 0 saturated carbocycles. The molecule has 1 saturated heterocycles.